The number of para-hydroxylation sites is 1. The van der Waals surface area contributed by atoms with Crippen LogP contribution in [0.4, 0.5) is 4.79 Å². The Kier molecular flexibility index (Phi) is 6.04. The molecular weight excluding hydrogens is 354 g/mol. The Morgan fingerprint density at radius 1 is 1.04 bits per heavy atom. The topological polar surface area (TPSA) is 55.8 Å². The Morgan fingerprint density at radius 2 is 1.73 bits per heavy atom. The first-order chi connectivity index (χ1) is 12.6. The van der Waals surface area contributed by atoms with Gasteiger partial charge in [0.25, 0.3) is 0 Å². The third kappa shape index (κ3) is 4.71. The molecule has 5 nitrogen and oxygen atoms in total. The molecule has 0 radical (unpaired) electrons. The van der Waals surface area contributed by atoms with Crippen LogP contribution < -0.4 is 4.74 Å². The van der Waals surface area contributed by atoms with Gasteiger partial charge in [-0.25, -0.2) is 4.79 Å². The molecule has 0 aliphatic carbocycles. The van der Waals surface area contributed by atoms with E-state index in [0.717, 1.165) is 0 Å². The smallest absolute Gasteiger partial charge is 0.410 e. The van der Waals surface area contributed by atoms with Gasteiger partial charge < -0.3 is 14.4 Å². The zero-order valence-corrected chi connectivity index (χ0v) is 14.8. The van der Waals surface area contributed by atoms with E-state index in [1.165, 1.54) is 6.08 Å². The second-order valence-electron chi connectivity index (χ2n) is 5.71. The highest BCUT2D eigenvalue weighted by Gasteiger charge is 2.19. The fraction of sp³-hybridized carbons (Fsp3) is 0.200. The van der Waals surface area contributed by atoms with Gasteiger partial charge in [0.2, 0.25) is 0 Å². The Bertz CT molecular complexity index is 811. The summed E-state index contributed by atoms with van der Waals surface area (Å²) in [5.74, 6) is 0.250. The zero-order chi connectivity index (χ0) is 18.4. The number of halogens is 1. The maximum atomic E-state index is 12.3. The number of carbonyl (C=O) groups excluding carboxylic acids is 2. The summed E-state index contributed by atoms with van der Waals surface area (Å²) in [5.41, 5.74) is 1.19. The number of hydrogen-bond donors (Lipinski definition) is 0. The van der Waals surface area contributed by atoms with E-state index >= 15 is 0 Å². The molecule has 1 amide bonds. The maximum absolute atomic E-state index is 12.3. The van der Waals surface area contributed by atoms with Gasteiger partial charge in [-0.15, -0.1) is 0 Å². The molecule has 1 aliphatic heterocycles. The Balaban J connectivity index is 1.71. The molecule has 6 heteroatoms. The van der Waals surface area contributed by atoms with Crippen molar-refractivity contribution in [3.63, 3.8) is 0 Å². The number of hydrogen-bond acceptors (Lipinski definition) is 4. The standard InChI is InChI=1S/C20H18ClNO4/c21-17-8-5-15(6-9-17)18(23)10-7-16-3-1-2-4-19(16)26-20(24)22-11-13-25-14-12-22/h1-10H,11-14H2/b10-7+. The van der Waals surface area contributed by atoms with Crippen LogP contribution in [0.15, 0.2) is 54.6 Å². The highest BCUT2D eigenvalue weighted by Crippen LogP contribution is 2.21. The highest BCUT2D eigenvalue weighted by molar-refractivity contribution is 6.30. The minimum absolute atomic E-state index is 0.157. The Labute approximate surface area is 156 Å². The van der Waals surface area contributed by atoms with Crippen molar-refractivity contribution in [2.45, 2.75) is 0 Å². The van der Waals surface area contributed by atoms with Crippen LogP contribution in [0, 0.1) is 0 Å². The van der Waals surface area contributed by atoms with Crippen molar-refractivity contribution in [1.29, 1.82) is 0 Å². The van der Waals surface area contributed by atoms with E-state index in [2.05, 4.69) is 0 Å². The van der Waals surface area contributed by atoms with Gasteiger partial charge in [-0.1, -0.05) is 29.8 Å². The van der Waals surface area contributed by atoms with E-state index in [9.17, 15) is 9.59 Å². The van der Waals surface area contributed by atoms with Crippen LogP contribution >= 0.6 is 11.6 Å². The molecule has 0 saturated carbocycles. The van der Waals surface area contributed by atoms with E-state index in [4.69, 9.17) is 21.1 Å². The first-order valence-electron chi connectivity index (χ1n) is 8.25. The van der Waals surface area contributed by atoms with Crippen LogP contribution in [-0.4, -0.2) is 43.1 Å². The van der Waals surface area contributed by atoms with Gasteiger partial charge in [0.05, 0.1) is 13.2 Å². The lowest BCUT2D eigenvalue weighted by Gasteiger charge is -2.26. The van der Waals surface area contributed by atoms with Crippen molar-refractivity contribution < 1.29 is 19.1 Å². The average molecular weight is 372 g/mol. The van der Waals surface area contributed by atoms with Crippen LogP contribution in [0.2, 0.25) is 5.02 Å². The molecule has 0 atom stereocenters. The predicted octanol–water partition coefficient (Wildman–Crippen LogP) is 4.07. The molecule has 134 valence electrons. The van der Waals surface area contributed by atoms with Gasteiger partial charge in [0.15, 0.2) is 5.78 Å². The van der Waals surface area contributed by atoms with E-state index in [0.29, 0.717) is 48.2 Å². The molecule has 0 bridgehead atoms. The Hall–Kier alpha value is -2.63. The molecule has 1 fully saturated rings. The van der Waals surface area contributed by atoms with Crippen molar-refractivity contribution in [2.75, 3.05) is 26.3 Å². The summed E-state index contributed by atoms with van der Waals surface area (Å²) in [4.78, 5) is 26.1. The predicted molar refractivity (Wildman–Crippen MR) is 99.7 cm³/mol. The molecule has 1 aliphatic rings. The number of rotatable bonds is 4. The molecule has 1 saturated heterocycles. The van der Waals surface area contributed by atoms with Crippen molar-refractivity contribution in [3.8, 4) is 5.75 Å². The van der Waals surface area contributed by atoms with E-state index in [-0.39, 0.29) is 5.78 Å². The molecule has 0 unspecified atom stereocenters. The molecule has 3 rings (SSSR count). The molecule has 26 heavy (non-hydrogen) atoms. The second kappa shape index (κ2) is 8.65. The van der Waals surface area contributed by atoms with Crippen LogP contribution in [0.3, 0.4) is 0 Å². The van der Waals surface area contributed by atoms with Crippen molar-refractivity contribution in [2.24, 2.45) is 0 Å². The molecule has 1 heterocycles. The monoisotopic (exact) mass is 371 g/mol. The van der Waals surface area contributed by atoms with Gasteiger partial charge >= 0.3 is 6.09 Å². The number of amides is 1. The number of benzene rings is 2. The fourth-order valence-electron chi connectivity index (χ4n) is 2.49. The lowest BCUT2D eigenvalue weighted by atomic mass is 10.1. The summed E-state index contributed by atoms with van der Waals surface area (Å²) in [6.07, 6.45) is 2.67. The zero-order valence-electron chi connectivity index (χ0n) is 14.1. The van der Waals surface area contributed by atoms with Gasteiger partial charge in [0, 0.05) is 29.2 Å². The van der Waals surface area contributed by atoms with Crippen LogP contribution in [0.25, 0.3) is 6.08 Å². The summed E-state index contributed by atoms with van der Waals surface area (Å²) in [6, 6.07) is 13.7. The molecule has 0 aromatic heterocycles. The minimum Gasteiger partial charge on any atom is -0.410 e. The number of ketones is 1. The van der Waals surface area contributed by atoms with Gasteiger partial charge in [-0.2, -0.15) is 0 Å². The molecule has 0 N–H and O–H groups in total. The maximum Gasteiger partial charge on any atom is 0.415 e. The fourth-order valence-corrected chi connectivity index (χ4v) is 2.62. The minimum atomic E-state index is -0.418. The highest BCUT2D eigenvalue weighted by atomic mass is 35.5. The SMILES string of the molecule is O=C(/C=C/c1ccccc1OC(=O)N1CCOCC1)c1ccc(Cl)cc1. The van der Waals surface area contributed by atoms with Crippen molar-refractivity contribution in [3.05, 3.63) is 70.8 Å². The largest absolute Gasteiger partial charge is 0.415 e. The molecule has 2 aromatic rings. The van der Waals surface area contributed by atoms with Crippen LogP contribution in [-0.2, 0) is 4.74 Å². The van der Waals surface area contributed by atoms with Gasteiger partial charge in [-0.3, -0.25) is 4.79 Å². The molecule has 0 spiro atoms. The lowest BCUT2D eigenvalue weighted by molar-refractivity contribution is 0.0416. The average Bonchev–Trinajstić information content (AvgIpc) is 2.68. The number of carbonyl (C=O) groups is 2. The lowest BCUT2D eigenvalue weighted by Crippen LogP contribution is -2.42. The Morgan fingerprint density at radius 3 is 2.46 bits per heavy atom. The first-order valence-corrected chi connectivity index (χ1v) is 8.63. The number of ether oxygens (including phenoxy) is 2. The number of morpholine rings is 1. The summed E-state index contributed by atoms with van der Waals surface area (Å²) < 4.78 is 10.7. The summed E-state index contributed by atoms with van der Waals surface area (Å²) in [6.45, 7) is 2.02. The number of nitrogens with zero attached hydrogens (tertiary/aromatic N) is 1. The normalized spacial score (nSPS) is 14.4. The van der Waals surface area contributed by atoms with E-state index in [1.807, 2.05) is 6.07 Å². The van der Waals surface area contributed by atoms with E-state index < -0.39 is 6.09 Å². The summed E-state index contributed by atoms with van der Waals surface area (Å²) in [5, 5.41) is 0.575. The van der Waals surface area contributed by atoms with E-state index in [1.54, 1.807) is 53.4 Å². The quantitative estimate of drug-likeness (QED) is 0.600. The first kappa shape index (κ1) is 18.2. The third-order valence-electron chi connectivity index (χ3n) is 3.93. The van der Waals surface area contributed by atoms with Gasteiger partial charge in [0.1, 0.15) is 5.75 Å². The van der Waals surface area contributed by atoms with Crippen LogP contribution in [0.1, 0.15) is 15.9 Å². The number of allylic oxidation sites excluding steroid dienone is 1. The van der Waals surface area contributed by atoms with Crippen molar-refractivity contribution in [1.82, 2.24) is 4.90 Å². The summed E-state index contributed by atoms with van der Waals surface area (Å²) >= 11 is 5.83. The summed E-state index contributed by atoms with van der Waals surface area (Å²) in [7, 11) is 0. The third-order valence-corrected chi connectivity index (χ3v) is 4.18. The molecule has 2 aromatic carbocycles. The van der Waals surface area contributed by atoms with Crippen LogP contribution in [0.5, 0.6) is 5.75 Å². The van der Waals surface area contributed by atoms with Gasteiger partial charge in [-0.05, 0) is 42.5 Å². The molecular formula is C20H18ClNO4. The van der Waals surface area contributed by atoms with Crippen molar-refractivity contribution >= 4 is 29.6 Å². The second-order valence-corrected chi connectivity index (χ2v) is 6.15.